The van der Waals surface area contributed by atoms with Gasteiger partial charge in [-0.1, -0.05) is 26.2 Å². The molecule has 0 spiro atoms. The maximum atomic E-state index is 11.4. The van der Waals surface area contributed by atoms with Crippen LogP contribution >= 0.6 is 0 Å². The molecule has 0 aliphatic carbocycles. The highest BCUT2D eigenvalue weighted by Gasteiger charge is 2.15. The monoisotopic (exact) mass is 303 g/mol. The summed E-state index contributed by atoms with van der Waals surface area (Å²) in [5.74, 6) is 0. The van der Waals surface area contributed by atoms with Gasteiger partial charge in [-0.25, -0.2) is 10.3 Å². The molecule has 0 aromatic heterocycles. The Morgan fingerprint density at radius 3 is 2.81 bits per heavy atom. The SMILES string of the molecule is CCCCCCNC(=O)NOCC(O)CN1CCOCC1. The molecule has 0 aromatic rings. The van der Waals surface area contributed by atoms with E-state index >= 15 is 0 Å². The van der Waals surface area contributed by atoms with E-state index in [1.165, 1.54) is 12.8 Å². The third-order valence-electron chi connectivity index (χ3n) is 3.33. The first-order chi connectivity index (χ1) is 10.2. The Balaban J connectivity index is 1.95. The van der Waals surface area contributed by atoms with Crippen LogP contribution < -0.4 is 10.8 Å². The Kier molecular flexibility index (Phi) is 10.1. The lowest BCUT2D eigenvalue weighted by Gasteiger charge is -2.28. The number of hydrogen-bond acceptors (Lipinski definition) is 5. The van der Waals surface area contributed by atoms with Crippen LogP contribution in [0, 0.1) is 0 Å². The quantitative estimate of drug-likeness (QED) is 0.404. The molecule has 7 nitrogen and oxygen atoms in total. The van der Waals surface area contributed by atoms with E-state index in [2.05, 4.69) is 22.6 Å². The number of carbonyl (C=O) groups is 1. The number of ether oxygens (including phenoxy) is 1. The molecule has 1 heterocycles. The molecule has 1 atom stereocenters. The minimum Gasteiger partial charge on any atom is -0.389 e. The second kappa shape index (κ2) is 11.7. The number of rotatable bonds is 10. The van der Waals surface area contributed by atoms with E-state index in [0.717, 1.165) is 25.9 Å². The molecule has 0 saturated carbocycles. The fraction of sp³-hybridized carbons (Fsp3) is 0.929. The largest absolute Gasteiger partial charge is 0.389 e. The Morgan fingerprint density at radius 2 is 2.10 bits per heavy atom. The first-order valence-electron chi connectivity index (χ1n) is 7.86. The van der Waals surface area contributed by atoms with Crippen molar-refractivity contribution in [1.29, 1.82) is 0 Å². The highest BCUT2D eigenvalue weighted by atomic mass is 16.7. The van der Waals surface area contributed by atoms with Gasteiger partial charge in [-0.3, -0.25) is 9.74 Å². The summed E-state index contributed by atoms with van der Waals surface area (Å²) in [6, 6.07) is -0.356. The molecule has 1 rings (SSSR count). The highest BCUT2D eigenvalue weighted by molar-refractivity contribution is 5.72. The summed E-state index contributed by atoms with van der Waals surface area (Å²) in [5, 5.41) is 12.5. The van der Waals surface area contributed by atoms with E-state index in [9.17, 15) is 9.90 Å². The summed E-state index contributed by atoms with van der Waals surface area (Å²) in [6.07, 6.45) is 3.84. The molecular formula is C14H29N3O4. The summed E-state index contributed by atoms with van der Waals surface area (Å²) < 4.78 is 5.24. The zero-order valence-electron chi connectivity index (χ0n) is 13.0. The van der Waals surface area contributed by atoms with E-state index in [1.54, 1.807) is 0 Å². The van der Waals surface area contributed by atoms with Gasteiger partial charge in [0, 0.05) is 26.2 Å². The molecule has 1 aliphatic heterocycles. The third-order valence-corrected chi connectivity index (χ3v) is 3.33. The average molecular weight is 303 g/mol. The van der Waals surface area contributed by atoms with Gasteiger partial charge in [0.15, 0.2) is 0 Å². The van der Waals surface area contributed by atoms with E-state index < -0.39 is 6.10 Å². The van der Waals surface area contributed by atoms with Crippen LogP contribution in [0.2, 0.25) is 0 Å². The summed E-state index contributed by atoms with van der Waals surface area (Å²) in [5.41, 5.74) is 2.29. The number of hydroxylamine groups is 1. The van der Waals surface area contributed by atoms with Gasteiger partial charge in [-0.15, -0.1) is 0 Å². The first kappa shape index (κ1) is 18.2. The zero-order chi connectivity index (χ0) is 15.3. The van der Waals surface area contributed by atoms with Gasteiger partial charge in [0.25, 0.3) is 0 Å². The Bertz CT molecular complexity index is 273. The smallest absolute Gasteiger partial charge is 0.338 e. The van der Waals surface area contributed by atoms with Crippen LogP contribution in [0.4, 0.5) is 4.79 Å². The molecule has 3 N–H and O–H groups in total. The molecule has 1 aliphatic rings. The van der Waals surface area contributed by atoms with Crippen molar-refractivity contribution in [1.82, 2.24) is 15.7 Å². The van der Waals surface area contributed by atoms with E-state index in [1.807, 2.05) is 0 Å². The van der Waals surface area contributed by atoms with E-state index in [-0.39, 0.29) is 12.6 Å². The summed E-state index contributed by atoms with van der Waals surface area (Å²) >= 11 is 0. The molecule has 2 amide bonds. The van der Waals surface area contributed by atoms with Crippen LogP contribution in [0.3, 0.4) is 0 Å². The number of urea groups is 1. The average Bonchev–Trinajstić information content (AvgIpc) is 2.48. The van der Waals surface area contributed by atoms with Gasteiger partial charge in [0.1, 0.15) is 6.61 Å². The standard InChI is InChI=1S/C14H29N3O4/c1-2-3-4-5-6-15-14(19)16-21-12-13(18)11-17-7-9-20-10-8-17/h13,18H,2-12H2,1H3,(H2,15,16,19). The van der Waals surface area contributed by atoms with Crippen LogP contribution in [-0.2, 0) is 9.57 Å². The maximum Gasteiger partial charge on any atom is 0.338 e. The minimum atomic E-state index is -0.618. The van der Waals surface area contributed by atoms with Gasteiger partial charge in [0.2, 0.25) is 0 Å². The number of aliphatic hydroxyl groups is 1. The fourth-order valence-corrected chi connectivity index (χ4v) is 2.13. The fourth-order valence-electron chi connectivity index (χ4n) is 2.13. The lowest BCUT2D eigenvalue weighted by molar-refractivity contribution is -0.0322. The van der Waals surface area contributed by atoms with Crippen molar-refractivity contribution in [2.24, 2.45) is 0 Å². The Morgan fingerprint density at radius 1 is 1.33 bits per heavy atom. The van der Waals surface area contributed by atoms with Crippen molar-refractivity contribution >= 4 is 6.03 Å². The minimum absolute atomic E-state index is 0.0839. The van der Waals surface area contributed by atoms with Gasteiger partial charge >= 0.3 is 6.03 Å². The summed E-state index contributed by atoms with van der Waals surface area (Å²) in [4.78, 5) is 18.5. The molecule has 1 fully saturated rings. The number of hydrogen-bond donors (Lipinski definition) is 3. The molecule has 124 valence electrons. The second-order valence-corrected chi connectivity index (χ2v) is 5.30. The summed E-state index contributed by atoms with van der Waals surface area (Å²) in [7, 11) is 0. The summed E-state index contributed by atoms with van der Waals surface area (Å²) in [6.45, 7) is 6.45. The number of morpholine rings is 1. The number of unbranched alkanes of at least 4 members (excludes halogenated alkanes) is 3. The maximum absolute atomic E-state index is 11.4. The predicted octanol–water partition coefficient (Wildman–Crippen LogP) is 0.491. The molecule has 0 aromatic carbocycles. The normalized spacial score (nSPS) is 17.4. The molecule has 0 bridgehead atoms. The Labute approximate surface area is 126 Å². The van der Waals surface area contributed by atoms with Crippen LogP contribution in [0.15, 0.2) is 0 Å². The lowest BCUT2D eigenvalue weighted by Crippen LogP contribution is -2.43. The van der Waals surface area contributed by atoms with Gasteiger partial charge < -0.3 is 15.2 Å². The molecule has 21 heavy (non-hydrogen) atoms. The second-order valence-electron chi connectivity index (χ2n) is 5.30. The molecular weight excluding hydrogens is 274 g/mol. The van der Waals surface area contributed by atoms with Crippen molar-refractivity contribution in [2.45, 2.75) is 38.7 Å². The lowest BCUT2D eigenvalue weighted by atomic mass is 10.2. The van der Waals surface area contributed by atoms with Crippen LogP contribution in [0.25, 0.3) is 0 Å². The molecule has 0 radical (unpaired) electrons. The van der Waals surface area contributed by atoms with E-state index in [0.29, 0.717) is 26.3 Å². The number of nitrogens with one attached hydrogen (secondary N) is 2. The molecule has 7 heteroatoms. The van der Waals surface area contributed by atoms with E-state index in [4.69, 9.17) is 9.57 Å². The zero-order valence-corrected chi connectivity index (χ0v) is 13.0. The van der Waals surface area contributed by atoms with Crippen molar-refractivity contribution in [3.8, 4) is 0 Å². The number of carbonyl (C=O) groups excluding carboxylic acids is 1. The third kappa shape index (κ3) is 9.62. The van der Waals surface area contributed by atoms with Crippen molar-refractivity contribution in [3.63, 3.8) is 0 Å². The van der Waals surface area contributed by atoms with Crippen LogP contribution in [-0.4, -0.2) is 68.1 Å². The van der Waals surface area contributed by atoms with Crippen LogP contribution in [0.5, 0.6) is 0 Å². The van der Waals surface area contributed by atoms with Crippen molar-refractivity contribution in [3.05, 3.63) is 0 Å². The topological polar surface area (TPSA) is 83.1 Å². The highest BCUT2D eigenvalue weighted by Crippen LogP contribution is 1.99. The van der Waals surface area contributed by atoms with Gasteiger partial charge in [0.05, 0.1) is 19.3 Å². The van der Waals surface area contributed by atoms with Crippen molar-refractivity contribution < 1.29 is 19.5 Å². The number of aliphatic hydroxyl groups excluding tert-OH is 1. The molecule has 1 saturated heterocycles. The number of amides is 2. The Hall–Kier alpha value is -0.890. The van der Waals surface area contributed by atoms with Gasteiger partial charge in [-0.05, 0) is 6.42 Å². The first-order valence-corrected chi connectivity index (χ1v) is 7.86. The predicted molar refractivity (Wildman–Crippen MR) is 79.9 cm³/mol. The van der Waals surface area contributed by atoms with Crippen LogP contribution in [0.1, 0.15) is 32.6 Å². The number of nitrogens with zero attached hydrogens (tertiary/aromatic N) is 1. The van der Waals surface area contributed by atoms with Crippen molar-refractivity contribution in [2.75, 3.05) is 46.0 Å². The number of β-amino-alcohol motifs (C(OH)–C–C–N with tert-alkyl or cyclic N) is 1. The van der Waals surface area contributed by atoms with Gasteiger partial charge in [-0.2, -0.15) is 0 Å². The molecule has 1 unspecified atom stereocenters.